The van der Waals surface area contributed by atoms with E-state index in [1.807, 2.05) is 7.05 Å². The van der Waals surface area contributed by atoms with Crippen molar-refractivity contribution >= 4 is 11.3 Å². The molecule has 0 aliphatic rings. The minimum atomic E-state index is 0.0428. The number of rotatable bonds is 3. The van der Waals surface area contributed by atoms with E-state index in [2.05, 4.69) is 17.2 Å². The van der Waals surface area contributed by atoms with Crippen LogP contribution in [0.2, 0.25) is 0 Å². The third-order valence-corrected chi connectivity index (χ3v) is 2.73. The normalized spacial score (nSPS) is 13.4. The van der Waals surface area contributed by atoms with Crippen molar-refractivity contribution in [1.29, 1.82) is 0 Å². The third-order valence-electron chi connectivity index (χ3n) is 1.57. The van der Waals surface area contributed by atoms with Crippen LogP contribution in [0.25, 0.3) is 0 Å². The number of aliphatic hydroxyl groups is 1. The standard InChI is InChI=1S/C7H12N2OS/c1-5(8-2)6-3-9-7(4-10)11-6/h3,5,8,10H,4H2,1-2H3. The number of nitrogens with one attached hydrogen (secondary N) is 1. The van der Waals surface area contributed by atoms with Crippen LogP contribution in [0.1, 0.15) is 22.9 Å². The Morgan fingerprint density at radius 2 is 2.55 bits per heavy atom. The molecule has 1 atom stereocenters. The first-order chi connectivity index (χ1) is 5.27. The lowest BCUT2D eigenvalue weighted by molar-refractivity contribution is 0.281. The first-order valence-corrected chi connectivity index (χ1v) is 4.32. The molecule has 2 N–H and O–H groups in total. The summed E-state index contributed by atoms with van der Waals surface area (Å²) < 4.78 is 0. The van der Waals surface area contributed by atoms with E-state index in [1.54, 1.807) is 17.5 Å². The molecule has 3 nitrogen and oxygen atoms in total. The van der Waals surface area contributed by atoms with Crippen molar-refractivity contribution in [2.45, 2.75) is 19.6 Å². The molecule has 0 aromatic carbocycles. The molecule has 0 radical (unpaired) electrons. The van der Waals surface area contributed by atoms with E-state index in [1.165, 1.54) is 0 Å². The fourth-order valence-corrected chi connectivity index (χ4v) is 1.58. The Kier molecular flexibility index (Phi) is 2.99. The highest BCUT2D eigenvalue weighted by Gasteiger charge is 2.06. The second-order valence-corrected chi connectivity index (χ2v) is 3.47. The lowest BCUT2D eigenvalue weighted by atomic mass is 10.3. The maximum atomic E-state index is 8.73. The summed E-state index contributed by atoms with van der Waals surface area (Å²) in [6.07, 6.45) is 1.80. The topological polar surface area (TPSA) is 45.2 Å². The van der Waals surface area contributed by atoms with Crippen LogP contribution in [0.3, 0.4) is 0 Å². The van der Waals surface area contributed by atoms with Gasteiger partial charge in [0.2, 0.25) is 0 Å². The molecule has 62 valence electrons. The van der Waals surface area contributed by atoms with E-state index < -0.39 is 0 Å². The Morgan fingerprint density at radius 1 is 1.82 bits per heavy atom. The van der Waals surface area contributed by atoms with E-state index in [0.29, 0.717) is 6.04 Å². The molecule has 0 saturated carbocycles. The van der Waals surface area contributed by atoms with Crippen LogP contribution in [-0.4, -0.2) is 17.1 Å². The molecule has 0 aliphatic carbocycles. The van der Waals surface area contributed by atoms with Crippen molar-refractivity contribution in [1.82, 2.24) is 10.3 Å². The molecule has 4 heteroatoms. The van der Waals surface area contributed by atoms with Crippen LogP contribution in [0.5, 0.6) is 0 Å². The van der Waals surface area contributed by atoms with E-state index in [-0.39, 0.29) is 6.61 Å². The van der Waals surface area contributed by atoms with Crippen molar-refractivity contribution < 1.29 is 5.11 Å². The van der Waals surface area contributed by atoms with Crippen LogP contribution < -0.4 is 5.32 Å². The van der Waals surface area contributed by atoms with Gasteiger partial charge in [-0.2, -0.15) is 0 Å². The number of aromatic nitrogens is 1. The molecule has 0 bridgehead atoms. The number of hydrogen-bond acceptors (Lipinski definition) is 4. The molecule has 0 fully saturated rings. The maximum Gasteiger partial charge on any atom is 0.118 e. The summed E-state index contributed by atoms with van der Waals surface area (Å²) in [4.78, 5) is 5.20. The van der Waals surface area contributed by atoms with Gasteiger partial charge in [-0.25, -0.2) is 4.98 Å². The summed E-state index contributed by atoms with van der Waals surface area (Å²) in [6.45, 7) is 2.11. The summed E-state index contributed by atoms with van der Waals surface area (Å²) in [5.74, 6) is 0. The zero-order valence-electron chi connectivity index (χ0n) is 6.66. The molecule has 11 heavy (non-hydrogen) atoms. The van der Waals surface area contributed by atoms with Gasteiger partial charge in [0.1, 0.15) is 5.01 Å². The Labute approximate surface area is 70.1 Å². The molecule has 0 aliphatic heterocycles. The van der Waals surface area contributed by atoms with Gasteiger partial charge in [0.05, 0.1) is 6.61 Å². The second kappa shape index (κ2) is 3.80. The largest absolute Gasteiger partial charge is 0.389 e. The lowest BCUT2D eigenvalue weighted by Gasteiger charge is -2.04. The number of thiazole rings is 1. The highest BCUT2D eigenvalue weighted by atomic mass is 32.1. The van der Waals surface area contributed by atoms with Gasteiger partial charge >= 0.3 is 0 Å². The molecule has 1 aromatic rings. The summed E-state index contributed by atoms with van der Waals surface area (Å²) in [5, 5.41) is 12.6. The quantitative estimate of drug-likeness (QED) is 0.712. The number of hydrogen-bond donors (Lipinski definition) is 2. The van der Waals surface area contributed by atoms with Crippen LogP contribution >= 0.6 is 11.3 Å². The number of aliphatic hydroxyl groups excluding tert-OH is 1. The molecule has 0 amide bonds. The Bertz CT molecular complexity index is 224. The summed E-state index contributed by atoms with van der Waals surface area (Å²) in [7, 11) is 1.91. The van der Waals surface area contributed by atoms with E-state index in [9.17, 15) is 0 Å². The first kappa shape index (κ1) is 8.64. The summed E-state index contributed by atoms with van der Waals surface area (Å²) >= 11 is 1.54. The molecular weight excluding hydrogens is 160 g/mol. The Balaban J connectivity index is 2.71. The number of nitrogens with zero attached hydrogens (tertiary/aromatic N) is 1. The van der Waals surface area contributed by atoms with Gasteiger partial charge in [0.25, 0.3) is 0 Å². The van der Waals surface area contributed by atoms with Crippen LogP contribution in [0, 0.1) is 0 Å². The van der Waals surface area contributed by atoms with Crippen LogP contribution in [0.15, 0.2) is 6.20 Å². The SMILES string of the molecule is CNC(C)c1cnc(CO)s1. The van der Waals surface area contributed by atoms with E-state index in [0.717, 1.165) is 9.88 Å². The van der Waals surface area contributed by atoms with Crippen LogP contribution in [-0.2, 0) is 6.61 Å². The first-order valence-electron chi connectivity index (χ1n) is 3.50. The smallest absolute Gasteiger partial charge is 0.118 e. The minimum Gasteiger partial charge on any atom is -0.389 e. The monoisotopic (exact) mass is 172 g/mol. The average Bonchev–Trinajstić information content (AvgIpc) is 2.50. The third kappa shape index (κ3) is 1.99. The van der Waals surface area contributed by atoms with E-state index in [4.69, 9.17) is 5.11 Å². The molecule has 0 spiro atoms. The predicted molar refractivity (Wildman–Crippen MR) is 45.5 cm³/mol. The molecule has 1 aromatic heterocycles. The van der Waals surface area contributed by atoms with Crippen molar-refractivity contribution in [2.75, 3.05) is 7.05 Å². The maximum absolute atomic E-state index is 8.73. The highest BCUT2D eigenvalue weighted by molar-refractivity contribution is 7.11. The predicted octanol–water partition coefficient (Wildman–Crippen LogP) is 0.916. The zero-order valence-corrected chi connectivity index (χ0v) is 7.48. The van der Waals surface area contributed by atoms with Gasteiger partial charge in [-0.05, 0) is 14.0 Å². The minimum absolute atomic E-state index is 0.0428. The van der Waals surface area contributed by atoms with E-state index >= 15 is 0 Å². The Morgan fingerprint density at radius 3 is 3.00 bits per heavy atom. The average molecular weight is 172 g/mol. The van der Waals surface area contributed by atoms with Crippen molar-refractivity contribution in [3.8, 4) is 0 Å². The molecule has 1 rings (SSSR count). The van der Waals surface area contributed by atoms with Crippen molar-refractivity contribution in [3.63, 3.8) is 0 Å². The fourth-order valence-electron chi connectivity index (χ4n) is 0.740. The molecular formula is C7H12N2OS. The van der Waals surface area contributed by atoms with Crippen molar-refractivity contribution in [2.24, 2.45) is 0 Å². The fraction of sp³-hybridized carbons (Fsp3) is 0.571. The second-order valence-electron chi connectivity index (χ2n) is 2.32. The van der Waals surface area contributed by atoms with Gasteiger partial charge in [-0.3, -0.25) is 0 Å². The molecule has 0 saturated heterocycles. The molecule has 1 heterocycles. The summed E-state index contributed by atoms with van der Waals surface area (Å²) in [5.41, 5.74) is 0. The van der Waals surface area contributed by atoms with Gasteiger partial charge in [-0.15, -0.1) is 11.3 Å². The Hall–Kier alpha value is -0.450. The molecule has 1 unspecified atom stereocenters. The lowest BCUT2D eigenvalue weighted by Crippen LogP contribution is -2.10. The summed E-state index contributed by atoms with van der Waals surface area (Å²) in [6, 6.07) is 0.327. The highest BCUT2D eigenvalue weighted by Crippen LogP contribution is 2.19. The van der Waals surface area contributed by atoms with Gasteiger partial charge < -0.3 is 10.4 Å². The van der Waals surface area contributed by atoms with Crippen molar-refractivity contribution in [3.05, 3.63) is 16.1 Å². The zero-order chi connectivity index (χ0) is 8.27. The van der Waals surface area contributed by atoms with Gasteiger partial charge in [0.15, 0.2) is 0 Å². The van der Waals surface area contributed by atoms with Gasteiger partial charge in [-0.1, -0.05) is 0 Å². The van der Waals surface area contributed by atoms with Gasteiger partial charge in [0, 0.05) is 17.1 Å². The van der Waals surface area contributed by atoms with Crippen LogP contribution in [0.4, 0.5) is 0 Å².